The van der Waals surface area contributed by atoms with Crippen LogP contribution in [0.1, 0.15) is 55.9 Å². The number of ketones is 2. The van der Waals surface area contributed by atoms with Gasteiger partial charge in [-0.3, -0.25) is 24.2 Å². The number of amides is 1. The zero-order valence-electron chi connectivity index (χ0n) is 22.6. The number of benzene rings is 1. The summed E-state index contributed by atoms with van der Waals surface area (Å²) in [4.78, 5) is 42.6. The Morgan fingerprint density at radius 2 is 1.77 bits per heavy atom. The molecule has 5 rings (SSSR count). The Morgan fingerprint density at radius 3 is 2.33 bits per heavy atom. The molecule has 6 N–H and O–H groups in total. The van der Waals surface area contributed by atoms with Crippen molar-refractivity contribution in [1.82, 2.24) is 9.80 Å². The molecule has 1 saturated carbocycles. The maximum atomic E-state index is 16.0. The van der Waals surface area contributed by atoms with Crippen LogP contribution in [0.25, 0.3) is 5.76 Å². The van der Waals surface area contributed by atoms with Crippen molar-refractivity contribution in [3.05, 3.63) is 45.0 Å². The molecule has 10 nitrogen and oxygen atoms in total. The van der Waals surface area contributed by atoms with E-state index in [0.29, 0.717) is 11.1 Å². The number of rotatable bonds is 4. The molecule has 3 aliphatic carbocycles. The fraction of sp³-hybridized carbons (Fsp3) is 0.536. The molecule has 0 unspecified atom stereocenters. The van der Waals surface area contributed by atoms with Crippen molar-refractivity contribution in [3.63, 3.8) is 0 Å². The molecule has 39 heavy (non-hydrogen) atoms. The largest absolute Gasteiger partial charge is 0.508 e. The standard InChI is InChI=1S/C28H34FN3O7/c1-6-27(2,3)32-9-13-14(10-32)21(33)17-12(19(13)29)7-11-8-15-20(31(4)5)23(35)18(26(30)38)25(37)28(15,39)24(36)16(11)22(17)34/h11,15,20,33-34,37,39H,6-10H2,1-5H3,(H2,30,38)/t11-,15-,20-,28-/m0/s1. The molecule has 1 fully saturated rings. The highest BCUT2D eigenvalue weighted by Gasteiger charge is 2.64. The Labute approximate surface area is 225 Å². The predicted octanol–water partition coefficient (Wildman–Crippen LogP) is 1.61. The van der Waals surface area contributed by atoms with E-state index in [1.54, 1.807) is 0 Å². The van der Waals surface area contributed by atoms with Crippen LogP contribution in [0.3, 0.4) is 0 Å². The van der Waals surface area contributed by atoms with E-state index in [1.807, 2.05) is 25.7 Å². The number of hydrogen-bond acceptors (Lipinski definition) is 9. The molecule has 4 atom stereocenters. The third-order valence-electron chi connectivity index (χ3n) is 9.45. The van der Waals surface area contributed by atoms with Gasteiger partial charge >= 0.3 is 0 Å². The van der Waals surface area contributed by atoms with Gasteiger partial charge in [0, 0.05) is 46.8 Å². The van der Waals surface area contributed by atoms with E-state index >= 15 is 4.39 Å². The van der Waals surface area contributed by atoms with Crippen molar-refractivity contribution in [2.45, 2.75) is 70.3 Å². The number of carbonyl (C=O) groups is 3. The van der Waals surface area contributed by atoms with Crippen LogP contribution in [0.15, 0.2) is 16.9 Å². The van der Waals surface area contributed by atoms with Crippen LogP contribution in [-0.4, -0.2) is 79.0 Å². The van der Waals surface area contributed by atoms with E-state index in [-0.39, 0.29) is 53.9 Å². The van der Waals surface area contributed by atoms with Crippen molar-refractivity contribution in [2.75, 3.05) is 14.1 Å². The molecule has 0 aromatic heterocycles. The summed E-state index contributed by atoms with van der Waals surface area (Å²) in [7, 11) is 3.05. The van der Waals surface area contributed by atoms with E-state index in [0.717, 1.165) is 6.42 Å². The topological polar surface area (TPSA) is 165 Å². The molecule has 0 saturated heterocycles. The molecule has 210 valence electrons. The number of likely N-dealkylation sites (N-methyl/N-ethyl adjacent to an activating group) is 1. The summed E-state index contributed by atoms with van der Waals surface area (Å²) in [5.41, 5.74) is 1.69. The molecule has 0 spiro atoms. The van der Waals surface area contributed by atoms with E-state index in [4.69, 9.17) is 5.73 Å². The van der Waals surface area contributed by atoms with E-state index < -0.39 is 63.9 Å². The maximum absolute atomic E-state index is 16.0. The van der Waals surface area contributed by atoms with Crippen LogP contribution in [-0.2, 0) is 33.9 Å². The molecular weight excluding hydrogens is 509 g/mol. The summed E-state index contributed by atoms with van der Waals surface area (Å²) in [6.45, 7) is 6.58. The number of primary amides is 1. The Hall–Kier alpha value is -3.28. The minimum absolute atomic E-state index is 0.0630. The summed E-state index contributed by atoms with van der Waals surface area (Å²) in [6, 6.07) is -1.19. The first-order valence-electron chi connectivity index (χ1n) is 13.0. The van der Waals surface area contributed by atoms with Gasteiger partial charge in [0.05, 0.1) is 11.6 Å². The Morgan fingerprint density at radius 1 is 1.15 bits per heavy atom. The highest BCUT2D eigenvalue weighted by atomic mass is 19.1. The van der Waals surface area contributed by atoms with Gasteiger partial charge in [0.15, 0.2) is 11.4 Å². The fourth-order valence-corrected chi connectivity index (χ4v) is 6.86. The van der Waals surface area contributed by atoms with Crippen LogP contribution in [0.5, 0.6) is 5.75 Å². The number of halogens is 1. The van der Waals surface area contributed by atoms with Crippen LogP contribution in [0, 0.1) is 17.7 Å². The summed E-state index contributed by atoms with van der Waals surface area (Å²) in [5.74, 6) is -7.99. The second kappa shape index (κ2) is 8.61. The fourth-order valence-electron chi connectivity index (χ4n) is 6.86. The first-order chi connectivity index (χ1) is 18.1. The predicted molar refractivity (Wildman–Crippen MR) is 138 cm³/mol. The Balaban J connectivity index is 1.70. The van der Waals surface area contributed by atoms with Gasteiger partial charge in [-0.15, -0.1) is 0 Å². The SMILES string of the molecule is CCC(C)(C)N1Cc2c(O)c3c(c(F)c2C1)C[C@H]1C[C@H]2[C@H](N(C)C)C(=O)C(C(N)=O)=C(O)[C@@]2(O)C(=O)C1=C3O. The first-order valence-corrected chi connectivity index (χ1v) is 13.0. The molecular formula is C28H34FN3O7. The minimum atomic E-state index is -2.72. The monoisotopic (exact) mass is 543 g/mol. The molecule has 1 aromatic carbocycles. The Bertz CT molecular complexity index is 1410. The second-order valence-corrected chi connectivity index (χ2v) is 12.0. The van der Waals surface area contributed by atoms with Gasteiger partial charge in [-0.25, -0.2) is 4.39 Å². The third kappa shape index (κ3) is 3.46. The lowest BCUT2D eigenvalue weighted by Gasteiger charge is -2.50. The average molecular weight is 544 g/mol. The lowest BCUT2D eigenvalue weighted by atomic mass is 9.57. The number of nitrogens with zero attached hydrogens (tertiary/aromatic N) is 2. The number of phenolic OH excluding ortho intramolecular Hbond substituents is 1. The average Bonchev–Trinajstić information content (AvgIpc) is 3.31. The van der Waals surface area contributed by atoms with Gasteiger partial charge in [0.25, 0.3) is 5.91 Å². The van der Waals surface area contributed by atoms with Gasteiger partial charge in [-0.05, 0) is 53.1 Å². The normalized spacial score (nSPS) is 29.0. The lowest BCUT2D eigenvalue weighted by Crippen LogP contribution is -2.65. The van der Waals surface area contributed by atoms with Gasteiger partial charge in [0.1, 0.15) is 28.7 Å². The number of nitrogens with two attached hydrogens (primary N) is 1. The second-order valence-electron chi connectivity index (χ2n) is 12.0. The molecule has 1 aromatic rings. The molecule has 11 heteroatoms. The van der Waals surface area contributed by atoms with Crippen LogP contribution in [0.2, 0.25) is 0 Å². The van der Waals surface area contributed by atoms with E-state index in [1.165, 1.54) is 19.0 Å². The quantitative estimate of drug-likeness (QED) is 0.355. The summed E-state index contributed by atoms with van der Waals surface area (Å²) in [6.07, 6.45) is 0.626. The smallest absolute Gasteiger partial charge is 0.255 e. The van der Waals surface area contributed by atoms with Crippen LogP contribution in [0.4, 0.5) is 4.39 Å². The molecule has 1 aliphatic heterocycles. The number of aliphatic hydroxyl groups excluding tert-OH is 2. The van der Waals surface area contributed by atoms with Crippen molar-refractivity contribution >= 4 is 23.2 Å². The lowest BCUT2D eigenvalue weighted by molar-refractivity contribution is -0.153. The molecule has 4 aliphatic rings. The number of aromatic hydroxyl groups is 1. The number of Topliss-reactive ketones (excluding diaryl/α,β-unsaturated/α-hetero) is 2. The summed E-state index contributed by atoms with van der Waals surface area (Å²) in [5, 5.41) is 45.2. The van der Waals surface area contributed by atoms with Crippen molar-refractivity contribution < 1.29 is 39.2 Å². The van der Waals surface area contributed by atoms with Gasteiger partial charge in [-0.2, -0.15) is 0 Å². The zero-order valence-corrected chi connectivity index (χ0v) is 22.6. The Kier molecular flexibility index (Phi) is 6.02. The summed E-state index contributed by atoms with van der Waals surface area (Å²) < 4.78 is 16.0. The van der Waals surface area contributed by atoms with E-state index in [2.05, 4.69) is 0 Å². The third-order valence-corrected chi connectivity index (χ3v) is 9.45. The minimum Gasteiger partial charge on any atom is -0.508 e. The highest BCUT2D eigenvalue weighted by Crippen LogP contribution is 2.54. The highest BCUT2D eigenvalue weighted by molar-refractivity contribution is 6.24. The van der Waals surface area contributed by atoms with Crippen molar-refractivity contribution in [3.8, 4) is 5.75 Å². The molecule has 0 radical (unpaired) electrons. The van der Waals surface area contributed by atoms with Gasteiger partial charge < -0.3 is 26.2 Å². The van der Waals surface area contributed by atoms with Crippen LogP contribution < -0.4 is 5.73 Å². The molecule has 0 bridgehead atoms. The number of hydrogen-bond donors (Lipinski definition) is 5. The van der Waals surface area contributed by atoms with Crippen LogP contribution >= 0.6 is 0 Å². The number of fused-ring (bicyclic) bond motifs is 4. The van der Waals surface area contributed by atoms with E-state index in [9.17, 15) is 34.8 Å². The molecule has 1 heterocycles. The zero-order chi connectivity index (χ0) is 28.9. The van der Waals surface area contributed by atoms with Crippen molar-refractivity contribution in [1.29, 1.82) is 0 Å². The number of carbonyl (C=O) groups excluding carboxylic acids is 3. The van der Waals surface area contributed by atoms with Crippen molar-refractivity contribution in [2.24, 2.45) is 17.6 Å². The van der Waals surface area contributed by atoms with Gasteiger partial charge in [0.2, 0.25) is 5.78 Å². The maximum Gasteiger partial charge on any atom is 0.255 e. The molecule has 1 amide bonds. The number of aliphatic hydroxyl groups is 3. The first kappa shape index (κ1) is 27.3. The van der Waals surface area contributed by atoms with Gasteiger partial charge in [-0.1, -0.05) is 6.92 Å². The number of phenols is 1. The summed E-state index contributed by atoms with van der Waals surface area (Å²) >= 11 is 0.